The highest BCUT2D eigenvalue weighted by molar-refractivity contribution is 9.10. The molecule has 2 aliphatic heterocycles. The smallest absolute Gasteiger partial charge is 0.336 e. The summed E-state index contributed by atoms with van der Waals surface area (Å²) in [4.78, 5) is 26.7. The fourth-order valence-electron chi connectivity index (χ4n) is 5.56. The van der Waals surface area contributed by atoms with Crippen LogP contribution in [0.5, 0.6) is 11.5 Å². The van der Waals surface area contributed by atoms with E-state index in [4.69, 9.17) is 14.2 Å². The van der Waals surface area contributed by atoms with Crippen LogP contribution in [0.1, 0.15) is 43.2 Å². The molecule has 198 valence electrons. The van der Waals surface area contributed by atoms with Crippen molar-refractivity contribution < 1.29 is 23.8 Å². The Morgan fingerprint density at radius 1 is 1.03 bits per heavy atom. The lowest BCUT2D eigenvalue weighted by Gasteiger charge is -2.34. The van der Waals surface area contributed by atoms with Crippen LogP contribution in [-0.4, -0.2) is 25.2 Å². The van der Waals surface area contributed by atoms with Crippen LogP contribution in [0.4, 0.5) is 0 Å². The van der Waals surface area contributed by atoms with Gasteiger partial charge in [-0.2, -0.15) is 0 Å². The molecule has 0 saturated heterocycles. The predicted octanol–water partition coefficient (Wildman–Crippen LogP) is 6.60. The quantitative estimate of drug-likeness (QED) is 0.329. The fraction of sp³-hybridized carbons (Fsp3) is 0.250. The number of ketones is 1. The number of dihydropyridines is 1. The second-order valence-electron chi connectivity index (χ2n) is 9.94. The number of ether oxygens (including phenoxy) is 3. The molecule has 3 aromatic carbocycles. The number of nitrogens with one attached hydrogen (secondary N) is 1. The Bertz CT molecular complexity index is 1510. The zero-order valence-corrected chi connectivity index (χ0v) is 23.2. The molecule has 3 aromatic rings. The molecule has 0 aromatic heterocycles. The maximum atomic E-state index is 13.5. The fourth-order valence-corrected chi connectivity index (χ4v) is 6.12. The molecule has 0 radical (unpaired) electrons. The van der Waals surface area contributed by atoms with E-state index in [1.807, 2.05) is 73.7 Å². The Balaban J connectivity index is 1.31. The van der Waals surface area contributed by atoms with Gasteiger partial charge >= 0.3 is 5.97 Å². The summed E-state index contributed by atoms with van der Waals surface area (Å²) in [6.07, 6.45) is 2.70. The largest absolute Gasteiger partial charge is 0.462 e. The summed E-state index contributed by atoms with van der Waals surface area (Å²) < 4.78 is 17.7. The molecule has 1 aliphatic carbocycles. The molecule has 7 heteroatoms. The van der Waals surface area contributed by atoms with Crippen molar-refractivity contribution in [2.45, 2.75) is 38.5 Å². The van der Waals surface area contributed by atoms with Crippen molar-refractivity contribution in [1.29, 1.82) is 0 Å². The minimum absolute atomic E-state index is 0.0819. The van der Waals surface area contributed by atoms with E-state index in [1.54, 1.807) is 0 Å². The number of carbonyl (C=O) groups excluding carboxylic acids is 2. The molecule has 39 heavy (non-hydrogen) atoms. The summed E-state index contributed by atoms with van der Waals surface area (Å²) in [7, 11) is 0. The highest BCUT2D eigenvalue weighted by Gasteiger charge is 2.39. The Morgan fingerprint density at radius 2 is 1.77 bits per heavy atom. The van der Waals surface area contributed by atoms with Gasteiger partial charge in [0.1, 0.15) is 0 Å². The summed E-state index contributed by atoms with van der Waals surface area (Å²) in [5.41, 5.74) is 6.76. The van der Waals surface area contributed by atoms with E-state index >= 15 is 0 Å². The number of benzene rings is 3. The lowest BCUT2D eigenvalue weighted by Crippen LogP contribution is -2.34. The summed E-state index contributed by atoms with van der Waals surface area (Å²) in [5.74, 6) is 0.625. The molecule has 6 rings (SSSR count). The Labute approximate surface area is 235 Å². The Kier molecular flexibility index (Phi) is 7.00. The number of fused-ring (bicyclic) bond motifs is 1. The number of rotatable bonds is 6. The molecule has 0 amide bonds. The minimum atomic E-state index is -0.479. The van der Waals surface area contributed by atoms with E-state index in [-0.39, 0.29) is 19.2 Å². The van der Waals surface area contributed by atoms with Crippen molar-refractivity contribution in [2.75, 3.05) is 13.4 Å². The van der Waals surface area contributed by atoms with E-state index in [0.29, 0.717) is 35.5 Å². The SMILES string of the molecule is CC1=C(C(=O)OCCc2ccccc2)[C@@H](c2ccc(-c3cc4c(cc3Br)OCO4)cc2)C2=C(CCCC2=O)N1. The molecule has 1 N–H and O–H groups in total. The number of hydrogen-bond donors (Lipinski definition) is 1. The van der Waals surface area contributed by atoms with Gasteiger partial charge < -0.3 is 19.5 Å². The molecular weight excluding hydrogens is 558 g/mol. The first-order valence-corrected chi connectivity index (χ1v) is 13.9. The monoisotopic (exact) mass is 585 g/mol. The highest BCUT2D eigenvalue weighted by Crippen LogP contribution is 2.44. The molecule has 1 atom stereocenters. The van der Waals surface area contributed by atoms with E-state index < -0.39 is 11.9 Å². The van der Waals surface area contributed by atoms with Crippen LogP contribution in [0.25, 0.3) is 11.1 Å². The molecule has 2 heterocycles. The zero-order chi connectivity index (χ0) is 26.9. The molecular formula is C32H28BrNO5. The van der Waals surface area contributed by atoms with Gasteiger partial charge in [-0.15, -0.1) is 0 Å². The van der Waals surface area contributed by atoms with Gasteiger partial charge in [0.15, 0.2) is 17.3 Å². The van der Waals surface area contributed by atoms with Crippen LogP contribution in [-0.2, 0) is 20.7 Å². The zero-order valence-electron chi connectivity index (χ0n) is 21.6. The maximum Gasteiger partial charge on any atom is 0.336 e. The molecule has 0 spiro atoms. The standard InChI is InChI=1S/C32H28BrNO5/c1-19-29(32(36)37-15-14-20-6-3-2-4-7-20)30(31-25(34-19)8-5-9-26(31)35)22-12-10-21(11-13-22)23-16-27-28(17-24(23)33)39-18-38-27/h2-4,6-7,10-13,16-17,30,34H,5,8-9,14-15,18H2,1H3/t30-/m1/s1. The molecule has 0 unspecified atom stereocenters. The van der Waals surface area contributed by atoms with E-state index in [9.17, 15) is 9.59 Å². The Hall–Kier alpha value is -3.84. The third kappa shape index (κ3) is 4.99. The van der Waals surface area contributed by atoms with E-state index in [2.05, 4.69) is 21.2 Å². The first-order valence-electron chi connectivity index (χ1n) is 13.1. The van der Waals surface area contributed by atoms with Gasteiger partial charge in [-0.3, -0.25) is 4.79 Å². The summed E-state index contributed by atoms with van der Waals surface area (Å²) in [6, 6.07) is 21.8. The Morgan fingerprint density at radius 3 is 2.54 bits per heavy atom. The van der Waals surface area contributed by atoms with Crippen LogP contribution in [0.2, 0.25) is 0 Å². The van der Waals surface area contributed by atoms with E-state index in [0.717, 1.165) is 51.0 Å². The third-order valence-electron chi connectivity index (χ3n) is 7.48. The highest BCUT2D eigenvalue weighted by atomic mass is 79.9. The number of allylic oxidation sites excluding steroid dienone is 3. The number of halogens is 1. The molecule has 0 saturated carbocycles. The average Bonchev–Trinajstić information content (AvgIpc) is 3.40. The van der Waals surface area contributed by atoms with E-state index in [1.165, 1.54) is 0 Å². The van der Waals surface area contributed by atoms with Crippen LogP contribution in [0.3, 0.4) is 0 Å². The predicted molar refractivity (Wildman–Crippen MR) is 151 cm³/mol. The lowest BCUT2D eigenvalue weighted by atomic mass is 9.75. The number of carbonyl (C=O) groups is 2. The average molecular weight is 586 g/mol. The van der Waals surface area contributed by atoms with Crippen LogP contribution in [0.15, 0.2) is 93.7 Å². The first-order chi connectivity index (χ1) is 19.0. The van der Waals surface area contributed by atoms with Crippen molar-refractivity contribution in [3.8, 4) is 22.6 Å². The van der Waals surface area contributed by atoms with Gasteiger partial charge in [-0.25, -0.2) is 4.79 Å². The van der Waals surface area contributed by atoms with Gasteiger partial charge in [-0.1, -0.05) is 70.5 Å². The van der Waals surface area contributed by atoms with Crippen LogP contribution >= 0.6 is 15.9 Å². The van der Waals surface area contributed by atoms with Crippen molar-refractivity contribution in [3.63, 3.8) is 0 Å². The molecule has 0 fully saturated rings. The van der Waals surface area contributed by atoms with Gasteiger partial charge in [-0.05, 0) is 54.2 Å². The van der Waals surface area contributed by atoms with Crippen molar-refractivity contribution in [2.24, 2.45) is 0 Å². The van der Waals surface area contributed by atoms with Crippen molar-refractivity contribution in [3.05, 3.63) is 105 Å². The first kappa shape index (κ1) is 25.4. The number of esters is 1. The topological polar surface area (TPSA) is 73.9 Å². The molecule has 6 nitrogen and oxygen atoms in total. The number of hydrogen-bond acceptors (Lipinski definition) is 6. The van der Waals surface area contributed by atoms with Crippen LogP contribution < -0.4 is 14.8 Å². The second kappa shape index (κ2) is 10.7. The van der Waals surface area contributed by atoms with Gasteiger partial charge in [0, 0.05) is 40.2 Å². The summed E-state index contributed by atoms with van der Waals surface area (Å²) in [5, 5.41) is 3.36. The lowest BCUT2D eigenvalue weighted by molar-refractivity contribution is -0.139. The maximum absolute atomic E-state index is 13.5. The molecule has 3 aliphatic rings. The normalized spacial score (nSPS) is 18.1. The van der Waals surface area contributed by atoms with Crippen molar-refractivity contribution in [1.82, 2.24) is 5.32 Å². The third-order valence-corrected chi connectivity index (χ3v) is 8.14. The van der Waals surface area contributed by atoms with Gasteiger partial charge in [0.05, 0.1) is 12.2 Å². The minimum Gasteiger partial charge on any atom is -0.462 e. The van der Waals surface area contributed by atoms with Gasteiger partial charge in [0.25, 0.3) is 0 Å². The molecule has 0 bridgehead atoms. The van der Waals surface area contributed by atoms with Crippen molar-refractivity contribution >= 4 is 27.7 Å². The van der Waals surface area contributed by atoms with Gasteiger partial charge in [0.2, 0.25) is 6.79 Å². The second-order valence-corrected chi connectivity index (χ2v) is 10.8. The summed E-state index contributed by atoms with van der Waals surface area (Å²) >= 11 is 3.65. The number of Topliss-reactive ketones (excluding diaryl/α,β-unsaturated/α-hetero) is 1. The van der Waals surface area contributed by atoms with Crippen LogP contribution in [0, 0.1) is 0 Å². The summed E-state index contributed by atoms with van der Waals surface area (Å²) in [6.45, 7) is 2.37.